The van der Waals surface area contributed by atoms with Gasteiger partial charge in [0.05, 0.1) is 13.2 Å². The maximum atomic E-state index is 11.3. The molecule has 5 heteroatoms. The Balaban J connectivity index is 0. The van der Waals surface area contributed by atoms with E-state index in [1.807, 2.05) is 20.8 Å². The third kappa shape index (κ3) is 9.45. The number of carbonyl (C=O) groups excluding carboxylic acids is 1. The number of aliphatic carboxylic acids is 1. The van der Waals surface area contributed by atoms with Crippen LogP contribution in [0.25, 0.3) is 0 Å². The van der Waals surface area contributed by atoms with Gasteiger partial charge in [-0.15, -0.1) is 0 Å². The van der Waals surface area contributed by atoms with Gasteiger partial charge < -0.3 is 9.84 Å². The standard InChI is InChI=1S/C9H17NO4.C2H6/c1-3-5-7(9(13)14-4-2)10-6-8(11)12;1-2/h7,10H,3-6H2,1-2H3,(H,11,12);1-2H3. The summed E-state index contributed by atoms with van der Waals surface area (Å²) in [4.78, 5) is 21.5. The summed E-state index contributed by atoms with van der Waals surface area (Å²) in [6, 6.07) is -0.504. The van der Waals surface area contributed by atoms with Crippen LogP contribution in [0, 0.1) is 0 Å². The van der Waals surface area contributed by atoms with E-state index < -0.39 is 12.0 Å². The Morgan fingerprint density at radius 2 is 1.88 bits per heavy atom. The molecule has 0 amide bonds. The zero-order chi connectivity index (χ0) is 13.0. The molecule has 0 aliphatic carbocycles. The van der Waals surface area contributed by atoms with Gasteiger partial charge in [-0.3, -0.25) is 14.9 Å². The van der Waals surface area contributed by atoms with E-state index in [2.05, 4.69) is 5.32 Å². The van der Waals surface area contributed by atoms with Crippen LogP contribution in [0.3, 0.4) is 0 Å². The zero-order valence-corrected chi connectivity index (χ0v) is 10.6. The molecule has 0 saturated carbocycles. The highest BCUT2D eigenvalue weighted by Gasteiger charge is 2.18. The zero-order valence-electron chi connectivity index (χ0n) is 10.6. The Morgan fingerprint density at radius 3 is 2.25 bits per heavy atom. The minimum atomic E-state index is -0.976. The first-order valence-electron chi connectivity index (χ1n) is 5.73. The fourth-order valence-electron chi connectivity index (χ4n) is 1.05. The molecule has 5 nitrogen and oxygen atoms in total. The molecule has 16 heavy (non-hydrogen) atoms. The summed E-state index contributed by atoms with van der Waals surface area (Å²) in [5.41, 5.74) is 0. The van der Waals surface area contributed by atoms with Crippen LogP contribution in [0.4, 0.5) is 0 Å². The van der Waals surface area contributed by atoms with Gasteiger partial charge in [0.1, 0.15) is 6.04 Å². The number of carbonyl (C=O) groups is 2. The van der Waals surface area contributed by atoms with Crippen LogP contribution in [0.2, 0.25) is 0 Å². The summed E-state index contributed by atoms with van der Waals surface area (Å²) in [7, 11) is 0. The van der Waals surface area contributed by atoms with E-state index in [1.165, 1.54) is 0 Å². The smallest absolute Gasteiger partial charge is 0.323 e. The molecular formula is C11H23NO4. The largest absolute Gasteiger partial charge is 0.480 e. The minimum absolute atomic E-state index is 0.219. The molecule has 0 saturated heterocycles. The average Bonchev–Trinajstić information content (AvgIpc) is 2.27. The number of carboxylic acid groups (broad SMARTS) is 1. The van der Waals surface area contributed by atoms with Crippen molar-refractivity contribution in [2.75, 3.05) is 13.2 Å². The van der Waals surface area contributed by atoms with Crippen molar-refractivity contribution < 1.29 is 19.4 Å². The van der Waals surface area contributed by atoms with E-state index in [9.17, 15) is 9.59 Å². The van der Waals surface area contributed by atoms with E-state index in [1.54, 1.807) is 6.92 Å². The first-order chi connectivity index (χ1) is 7.61. The van der Waals surface area contributed by atoms with Gasteiger partial charge in [-0.2, -0.15) is 0 Å². The lowest BCUT2D eigenvalue weighted by molar-refractivity contribution is -0.146. The van der Waals surface area contributed by atoms with E-state index in [-0.39, 0.29) is 12.5 Å². The van der Waals surface area contributed by atoms with Gasteiger partial charge in [-0.05, 0) is 13.3 Å². The van der Waals surface area contributed by atoms with Crippen molar-refractivity contribution in [3.63, 3.8) is 0 Å². The Labute approximate surface area is 97.2 Å². The second-order valence-corrected chi connectivity index (χ2v) is 2.87. The summed E-state index contributed by atoms with van der Waals surface area (Å²) in [6.07, 6.45) is 1.39. The highest BCUT2D eigenvalue weighted by molar-refractivity contribution is 5.77. The van der Waals surface area contributed by atoms with Crippen LogP contribution in [-0.4, -0.2) is 36.2 Å². The van der Waals surface area contributed by atoms with Crippen LogP contribution in [-0.2, 0) is 14.3 Å². The van der Waals surface area contributed by atoms with Crippen molar-refractivity contribution >= 4 is 11.9 Å². The van der Waals surface area contributed by atoms with Crippen molar-refractivity contribution in [2.45, 2.75) is 46.6 Å². The van der Waals surface area contributed by atoms with Crippen LogP contribution >= 0.6 is 0 Å². The lowest BCUT2D eigenvalue weighted by atomic mass is 10.1. The van der Waals surface area contributed by atoms with Gasteiger partial charge in [0.25, 0.3) is 0 Å². The molecule has 0 heterocycles. The summed E-state index contributed by atoms with van der Waals surface area (Å²) in [5, 5.41) is 11.1. The predicted molar refractivity (Wildman–Crippen MR) is 62.3 cm³/mol. The quantitative estimate of drug-likeness (QED) is 0.650. The fraction of sp³-hybridized carbons (Fsp3) is 0.818. The molecule has 0 bridgehead atoms. The monoisotopic (exact) mass is 233 g/mol. The van der Waals surface area contributed by atoms with Crippen LogP contribution in [0.5, 0.6) is 0 Å². The van der Waals surface area contributed by atoms with Crippen molar-refractivity contribution in [3.8, 4) is 0 Å². The fourth-order valence-corrected chi connectivity index (χ4v) is 1.05. The molecule has 96 valence electrons. The van der Waals surface area contributed by atoms with Crippen molar-refractivity contribution in [1.82, 2.24) is 5.32 Å². The first kappa shape index (κ1) is 17.3. The maximum absolute atomic E-state index is 11.3. The number of hydrogen-bond acceptors (Lipinski definition) is 4. The molecule has 1 unspecified atom stereocenters. The molecule has 0 aliphatic heterocycles. The normalized spacial score (nSPS) is 11.0. The number of ether oxygens (including phenoxy) is 1. The molecule has 0 rings (SSSR count). The highest BCUT2D eigenvalue weighted by atomic mass is 16.5. The number of hydrogen-bond donors (Lipinski definition) is 2. The second-order valence-electron chi connectivity index (χ2n) is 2.87. The molecule has 0 aromatic carbocycles. The molecular weight excluding hydrogens is 210 g/mol. The molecule has 0 radical (unpaired) electrons. The van der Waals surface area contributed by atoms with E-state index in [4.69, 9.17) is 9.84 Å². The molecule has 0 aromatic rings. The Bertz CT molecular complexity index is 194. The average molecular weight is 233 g/mol. The third-order valence-electron chi connectivity index (χ3n) is 1.65. The Morgan fingerprint density at radius 1 is 1.31 bits per heavy atom. The SMILES string of the molecule is CC.CCCC(NCC(=O)O)C(=O)OCC. The molecule has 0 fully saturated rings. The second kappa shape index (κ2) is 12.0. The third-order valence-corrected chi connectivity index (χ3v) is 1.65. The highest BCUT2D eigenvalue weighted by Crippen LogP contribution is 1.99. The maximum Gasteiger partial charge on any atom is 0.323 e. The van der Waals surface area contributed by atoms with Gasteiger partial charge in [0.2, 0.25) is 0 Å². The number of nitrogens with one attached hydrogen (secondary N) is 1. The minimum Gasteiger partial charge on any atom is -0.480 e. The van der Waals surface area contributed by atoms with Gasteiger partial charge in [0.15, 0.2) is 0 Å². The van der Waals surface area contributed by atoms with Gasteiger partial charge in [0, 0.05) is 0 Å². The van der Waals surface area contributed by atoms with E-state index in [0.29, 0.717) is 13.0 Å². The number of carboxylic acids is 1. The van der Waals surface area contributed by atoms with Crippen LogP contribution in [0.1, 0.15) is 40.5 Å². The van der Waals surface area contributed by atoms with Crippen molar-refractivity contribution in [3.05, 3.63) is 0 Å². The Hall–Kier alpha value is -1.10. The van der Waals surface area contributed by atoms with Crippen molar-refractivity contribution in [2.24, 2.45) is 0 Å². The molecule has 2 N–H and O–H groups in total. The van der Waals surface area contributed by atoms with Gasteiger partial charge in [-0.25, -0.2) is 0 Å². The van der Waals surface area contributed by atoms with Gasteiger partial charge >= 0.3 is 11.9 Å². The van der Waals surface area contributed by atoms with Crippen LogP contribution in [0.15, 0.2) is 0 Å². The lowest BCUT2D eigenvalue weighted by Crippen LogP contribution is -2.40. The first-order valence-corrected chi connectivity index (χ1v) is 5.73. The summed E-state index contributed by atoms with van der Waals surface area (Å²) in [5.74, 6) is -1.36. The summed E-state index contributed by atoms with van der Waals surface area (Å²) >= 11 is 0. The summed E-state index contributed by atoms with van der Waals surface area (Å²) < 4.78 is 4.79. The number of esters is 1. The molecule has 1 atom stereocenters. The molecule has 0 aromatic heterocycles. The predicted octanol–water partition coefficient (Wildman–Crippen LogP) is 1.42. The Kier molecular flexibility index (Phi) is 12.9. The van der Waals surface area contributed by atoms with E-state index >= 15 is 0 Å². The molecule has 0 spiro atoms. The van der Waals surface area contributed by atoms with Crippen LogP contribution < -0.4 is 5.32 Å². The topological polar surface area (TPSA) is 75.6 Å². The summed E-state index contributed by atoms with van der Waals surface area (Å²) in [6.45, 7) is 7.74. The van der Waals surface area contributed by atoms with E-state index in [0.717, 1.165) is 6.42 Å². The van der Waals surface area contributed by atoms with Gasteiger partial charge in [-0.1, -0.05) is 27.2 Å². The molecule has 0 aliphatic rings. The number of rotatable bonds is 7. The lowest BCUT2D eigenvalue weighted by Gasteiger charge is -2.14. The van der Waals surface area contributed by atoms with Crippen molar-refractivity contribution in [1.29, 1.82) is 0 Å².